The second kappa shape index (κ2) is 5.36. The molecule has 0 saturated heterocycles. The molecule has 1 unspecified atom stereocenters. The van der Waals surface area contributed by atoms with Gasteiger partial charge in [-0.1, -0.05) is 6.07 Å². The molecule has 2 aromatic heterocycles. The standard InChI is InChI=1S/C12H13N3O2/c1-17-12-7-10(14-8-15-12)11(16)6-9-4-2-3-5-13-9/h2-5,7-8,11,16H,6H2,1H3. The predicted molar refractivity (Wildman–Crippen MR) is 61.5 cm³/mol. The lowest BCUT2D eigenvalue weighted by Gasteiger charge is -2.09. The second-order valence-corrected chi connectivity index (χ2v) is 3.53. The zero-order valence-corrected chi connectivity index (χ0v) is 9.45. The molecule has 17 heavy (non-hydrogen) atoms. The number of hydrogen-bond acceptors (Lipinski definition) is 5. The number of hydrogen-bond donors (Lipinski definition) is 1. The molecule has 0 aromatic carbocycles. The van der Waals surface area contributed by atoms with E-state index in [0.717, 1.165) is 5.69 Å². The van der Waals surface area contributed by atoms with Crippen LogP contribution in [-0.4, -0.2) is 27.2 Å². The normalized spacial score (nSPS) is 12.1. The first-order chi connectivity index (χ1) is 8.29. The lowest BCUT2D eigenvalue weighted by atomic mass is 10.1. The molecule has 0 aliphatic rings. The van der Waals surface area contributed by atoms with Crippen molar-refractivity contribution in [3.63, 3.8) is 0 Å². The van der Waals surface area contributed by atoms with Gasteiger partial charge in [0.25, 0.3) is 0 Å². The summed E-state index contributed by atoms with van der Waals surface area (Å²) >= 11 is 0. The minimum Gasteiger partial charge on any atom is -0.481 e. The topological polar surface area (TPSA) is 68.1 Å². The summed E-state index contributed by atoms with van der Waals surface area (Å²) in [5, 5.41) is 10.0. The van der Waals surface area contributed by atoms with Crippen molar-refractivity contribution in [1.29, 1.82) is 0 Å². The van der Waals surface area contributed by atoms with Crippen LogP contribution in [0.4, 0.5) is 0 Å². The van der Waals surface area contributed by atoms with E-state index in [1.54, 1.807) is 12.3 Å². The number of nitrogens with zero attached hydrogens (tertiary/aromatic N) is 3. The van der Waals surface area contributed by atoms with Gasteiger partial charge in [-0.2, -0.15) is 0 Å². The van der Waals surface area contributed by atoms with E-state index in [-0.39, 0.29) is 0 Å². The highest BCUT2D eigenvalue weighted by Crippen LogP contribution is 2.17. The van der Waals surface area contributed by atoms with E-state index in [1.165, 1.54) is 13.4 Å². The van der Waals surface area contributed by atoms with Crippen molar-refractivity contribution in [2.45, 2.75) is 12.5 Å². The molecule has 2 aromatic rings. The Morgan fingerprint density at radius 2 is 2.18 bits per heavy atom. The first-order valence-corrected chi connectivity index (χ1v) is 5.23. The fraction of sp³-hybridized carbons (Fsp3) is 0.250. The summed E-state index contributed by atoms with van der Waals surface area (Å²) in [7, 11) is 1.53. The third kappa shape index (κ3) is 2.98. The van der Waals surface area contributed by atoms with Gasteiger partial charge in [-0.25, -0.2) is 9.97 Å². The van der Waals surface area contributed by atoms with Crippen LogP contribution in [0.5, 0.6) is 5.88 Å². The van der Waals surface area contributed by atoms with Crippen LogP contribution in [0.2, 0.25) is 0 Å². The Labute approximate surface area is 99.2 Å². The van der Waals surface area contributed by atoms with Crippen LogP contribution in [0.3, 0.4) is 0 Å². The highest BCUT2D eigenvalue weighted by atomic mass is 16.5. The quantitative estimate of drug-likeness (QED) is 0.855. The van der Waals surface area contributed by atoms with E-state index in [4.69, 9.17) is 4.74 Å². The van der Waals surface area contributed by atoms with Crippen molar-refractivity contribution < 1.29 is 9.84 Å². The molecule has 0 radical (unpaired) electrons. The molecule has 5 heteroatoms. The van der Waals surface area contributed by atoms with Crippen LogP contribution in [0.15, 0.2) is 36.8 Å². The lowest BCUT2D eigenvalue weighted by Crippen LogP contribution is -2.06. The zero-order chi connectivity index (χ0) is 12.1. The number of ether oxygens (including phenoxy) is 1. The second-order valence-electron chi connectivity index (χ2n) is 3.53. The van der Waals surface area contributed by atoms with Gasteiger partial charge in [0.05, 0.1) is 12.8 Å². The SMILES string of the molecule is COc1cc(C(O)Cc2ccccn2)ncn1. The van der Waals surface area contributed by atoms with E-state index in [9.17, 15) is 5.11 Å². The Morgan fingerprint density at radius 1 is 1.29 bits per heavy atom. The molecule has 2 rings (SSSR count). The Bertz CT molecular complexity index is 476. The van der Waals surface area contributed by atoms with Crippen LogP contribution in [0.25, 0.3) is 0 Å². The molecule has 1 atom stereocenters. The molecular formula is C12H13N3O2. The third-order valence-corrected chi connectivity index (χ3v) is 2.34. The highest BCUT2D eigenvalue weighted by molar-refractivity contribution is 5.17. The van der Waals surface area contributed by atoms with Crippen molar-refractivity contribution in [2.24, 2.45) is 0 Å². The highest BCUT2D eigenvalue weighted by Gasteiger charge is 2.11. The molecule has 88 valence electrons. The summed E-state index contributed by atoms with van der Waals surface area (Å²) in [4.78, 5) is 12.1. The van der Waals surface area contributed by atoms with Crippen molar-refractivity contribution >= 4 is 0 Å². The molecule has 0 fully saturated rings. The van der Waals surface area contributed by atoms with Gasteiger partial charge in [0, 0.05) is 24.4 Å². The van der Waals surface area contributed by atoms with Gasteiger partial charge in [-0.15, -0.1) is 0 Å². The summed E-state index contributed by atoms with van der Waals surface area (Å²) < 4.78 is 4.98. The Balaban J connectivity index is 2.11. The lowest BCUT2D eigenvalue weighted by molar-refractivity contribution is 0.171. The maximum atomic E-state index is 10.0. The number of methoxy groups -OCH3 is 1. The number of pyridine rings is 1. The monoisotopic (exact) mass is 231 g/mol. The van der Waals surface area contributed by atoms with Crippen LogP contribution in [0, 0.1) is 0 Å². The number of aliphatic hydroxyl groups excluding tert-OH is 1. The van der Waals surface area contributed by atoms with Gasteiger partial charge in [-0.3, -0.25) is 4.98 Å². The van der Waals surface area contributed by atoms with Gasteiger partial charge in [0.1, 0.15) is 12.4 Å². The van der Waals surface area contributed by atoms with Gasteiger partial charge in [-0.05, 0) is 12.1 Å². The Kier molecular flexibility index (Phi) is 3.62. The molecule has 0 spiro atoms. The van der Waals surface area contributed by atoms with Gasteiger partial charge >= 0.3 is 0 Å². The van der Waals surface area contributed by atoms with E-state index in [0.29, 0.717) is 18.0 Å². The number of aliphatic hydroxyl groups is 1. The molecule has 0 bridgehead atoms. The van der Waals surface area contributed by atoms with Crippen molar-refractivity contribution in [2.75, 3.05) is 7.11 Å². The predicted octanol–water partition coefficient (Wildman–Crippen LogP) is 1.16. The van der Waals surface area contributed by atoms with E-state index in [2.05, 4.69) is 15.0 Å². The summed E-state index contributed by atoms with van der Waals surface area (Å²) in [5.74, 6) is 0.440. The molecule has 0 amide bonds. The summed E-state index contributed by atoms with van der Waals surface area (Å²) in [5.41, 5.74) is 1.35. The maximum absolute atomic E-state index is 10.0. The molecule has 5 nitrogen and oxygen atoms in total. The molecular weight excluding hydrogens is 218 g/mol. The van der Waals surface area contributed by atoms with E-state index < -0.39 is 6.10 Å². The van der Waals surface area contributed by atoms with E-state index in [1.807, 2.05) is 18.2 Å². The smallest absolute Gasteiger partial charge is 0.216 e. The molecule has 1 N–H and O–H groups in total. The van der Waals surface area contributed by atoms with Crippen LogP contribution < -0.4 is 4.74 Å². The molecule has 0 aliphatic carbocycles. The minimum atomic E-state index is -0.707. The first kappa shape index (κ1) is 11.5. The summed E-state index contributed by atoms with van der Waals surface area (Å²) in [6.45, 7) is 0. The van der Waals surface area contributed by atoms with Gasteiger partial charge in [0.15, 0.2) is 0 Å². The third-order valence-electron chi connectivity index (χ3n) is 2.34. The molecule has 2 heterocycles. The zero-order valence-electron chi connectivity index (χ0n) is 9.45. The molecule has 0 saturated carbocycles. The Hall–Kier alpha value is -2.01. The van der Waals surface area contributed by atoms with E-state index >= 15 is 0 Å². The fourth-order valence-electron chi connectivity index (χ4n) is 1.47. The molecule has 0 aliphatic heterocycles. The number of aromatic nitrogens is 3. The largest absolute Gasteiger partial charge is 0.481 e. The fourth-order valence-corrected chi connectivity index (χ4v) is 1.47. The first-order valence-electron chi connectivity index (χ1n) is 5.23. The van der Waals surface area contributed by atoms with Gasteiger partial charge < -0.3 is 9.84 Å². The van der Waals surface area contributed by atoms with Gasteiger partial charge in [0.2, 0.25) is 5.88 Å². The van der Waals surface area contributed by atoms with Crippen LogP contribution >= 0.6 is 0 Å². The van der Waals surface area contributed by atoms with Crippen molar-refractivity contribution in [3.05, 3.63) is 48.2 Å². The summed E-state index contributed by atoms with van der Waals surface area (Å²) in [6, 6.07) is 7.20. The summed E-state index contributed by atoms with van der Waals surface area (Å²) in [6.07, 6.45) is 2.78. The van der Waals surface area contributed by atoms with Crippen LogP contribution in [-0.2, 0) is 6.42 Å². The average molecular weight is 231 g/mol. The number of rotatable bonds is 4. The minimum absolute atomic E-state index is 0.418. The van der Waals surface area contributed by atoms with Crippen molar-refractivity contribution in [1.82, 2.24) is 15.0 Å². The van der Waals surface area contributed by atoms with Crippen molar-refractivity contribution in [3.8, 4) is 5.88 Å². The maximum Gasteiger partial charge on any atom is 0.216 e. The van der Waals surface area contributed by atoms with Crippen LogP contribution in [0.1, 0.15) is 17.5 Å². The average Bonchev–Trinajstić information content (AvgIpc) is 2.40. The Morgan fingerprint density at radius 3 is 2.88 bits per heavy atom.